The lowest BCUT2D eigenvalue weighted by atomic mass is 10.0. The molecule has 1 unspecified atom stereocenters. The normalized spacial score (nSPS) is 11.9. The molecule has 2 aromatic rings. The van der Waals surface area contributed by atoms with Crippen LogP contribution in [0, 0.1) is 6.92 Å². The van der Waals surface area contributed by atoms with E-state index in [1.807, 2.05) is 24.3 Å². The third-order valence-electron chi connectivity index (χ3n) is 3.94. The van der Waals surface area contributed by atoms with Gasteiger partial charge in [0.15, 0.2) is 0 Å². The molecule has 0 saturated heterocycles. The van der Waals surface area contributed by atoms with Gasteiger partial charge in [-0.15, -0.1) is 0 Å². The number of ether oxygens (including phenoxy) is 3. The maximum atomic E-state index is 5.47. The van der Waals surface area contributed by atoms with E-state index >= 15 is 0 Å². The summed E-state index contributed by atoms with van der Waals surface area (Å²) in [6, 6.07) is 12.2. The number of aryl methyl sites for hydroxylation is 1. The molecule has 0 aliphatic rings. The second-order valence-electron chi connectivity index (χ2n) is 5.53. The average molecular weight is 315 g/mol. The van der Waals surface area contributed by atoms with Crippen LogP contribution in [0.1, 0.15) is 29.7 Å². The zero-order valence-electron chi connectivity index (χ0n) is 14.5. The van der Waals surface area contributed by atoms with Crippen LogP contribution in [-0.4, -0.2) is 21.3 Å². The van der Waals surface area contributed by atoms with Crippen molar-refractivity contribution in [3.8, 4) is 17.2 Å². The Hall–Kier alpha value is -2.20. The third-order valence-corrected chi connectivity index (χ3v) is 3.94. The minimum absolute atomic E-state index is 0.153. The van der Waals surface area contributed by atoms with E-state index in [0.29, 0.717) is 6.54 Å². The SMILES string of the molecule is COc1ccc(OC)c(CNC(C)c2cc(C)ccc2OC)c1. The van der Waals surface area contributed by atoms with Gasteiger partial charge in [0.05, 0.1) is 21.3 Å². The van der Waals surface area contributed by atoms with E-state index in [0.717, 1.165) is 28.4 Å². The number of benzene rings is 2. The highest BCUT2D eigenvalue weighted by atomic mass is 16.5. The fraction of sp³-hybridized carbons (Fsp3) is 0.368. The Kier molecular flexibility index (Phi) is 5.88. The number of nitrogens with one attached hydrogen (secondary N) is 1. The molecule has 1 N–H and O–H groups in total. The van der Waals surface area contributed by atoms with Crippen molar-refractivity contribution in [2.24, 2.45) is 0 Å². The van der Waals surface area contributed by atoms with E-state index in [9.17, 15) is 0 Å². The Morgan fingerprint density at radius 2 is 1.61 bits per heavy atom. The summed E-state index contributed by atoms with van der Waals surface area (Å²) in [6.45, 7) is 4.89. The van der Waals surface area contributed by atoms with Gasteiger partial charge in [0.1, 0.15) is 17.2 Å². The Balaban J connectivity index is 2.16. The van der Waals surface area contributed by atoms with Gasteiger partial charge in [-0.1, -0.05) is 17.7 Å². The smallest absolute Gasteiger partial charge is 0.123 e. The van der Waals surface area contributed by atoms with Crippen molar-refractivity contribution in [3.05, 3.63) is 53.1 Å². The van der Waals surface area contributed by atoms with Gasteiger partial charge in [-0.05, 0) is 38.1 Å². The zero-order valence-corrected chi connectivity index (χ0v) is 14.5. The van der Waals surface area contributed by atoms with Crippen molar-refractivity contribution in [3.63, 3.8) is 0 Å². The molecule has 124 valence electrons. The lowest BCUT2D eigenvalue weighted by molar-refractivity contribution is 0.392. The van der Waals surface area contributed by atoms with Gasteiger partial charge in [0, 0.05) is 23.7 Å². The molecule has 1 atom stereocenters. The Morgan fingerprint density at radius 3 is 2.26 bits per heavy atom. The standard InChI is InChI=1S/C19H25NO3/c1-13-6-8-19(23-5)17(10-13)14(2)20-12-15-11-16(21-3)7-9-18(15)22-4/h6-11,14,20H,12H2,1-5H3. The van der Waals surface area contributed by atoms with Crippen LogP contribution in [0.2, 0.25) is 0 Å². The van der Waals surface area contributed by atoms with Crippen LogP contribution in [-0.2, 0) is 6.54 Å². The molecule has 2 rings (SSSR count). The first-order valence-corrected chi connectivity index (χ1v) is 7.67. The first-order chi connectivity index (χ1) is 11.1. The van der Waals surface area contributed by atoms with Gasteiger partial charge in [0.2, 0.25) is 0 Å². The van der Waals surface area contributed by atoms with Crippen LogP contribution >= 0.6 is 0 Å². The maximum absolute atomic E-state index is 5.47. The number of hydrogen-bond donors (Lipinski definition) is 1. The number of rotatable bonds is 7. The van der Waals surface area contributed by atoms with Gasteiger partial charge in [-0.2, -0.15) is 0 Å². The van der Waals surface area contributed by atoms with Crippen LogP contribution in [0.3, 0.4) is 0 Å². The molecule has 2 aromatic carbocycles. The summed E-state index contributed by atoms with van der Waals surface area (Å²) in [6.07, 6.45) is 0. The largest absolute Gasteiger partial charge is 0.497 e. The molecular weight excluding hydrogens is 290 g/mol. The van der Waals surface area contributed by atoms with Gasteiger partial charge in [0.25, 0.3) is 0 Å². The summed E-state index contributed by atoms with van der Waals surface area (Å²) >= 11 is 0. The van der Waals surface area contributed by atoms with Crippen LogP contribution in [0.25, 0.3) is 0 Å². The monoisotopic (exact) mass is 315 g/mol. The van der Waals surface area contributed by atoms with Crippen molar-refractivity contribution >= 4 is 0 Å². The number of methoxy groups -OCH3 is 3. The topological polar surface area (TPSA) is 39.7 Å². The summed E-state index contributed by atoms with van der Waals surface area (Å²) < 4.78 is 16.2. The molecular formula is C19H25NO3. The van der Waals surface area contributed by atoms with Crippen LogP contribution in [0.15, 0.2) is 36.4 Å². The van der Waals surface area contributed by atoms with Gasteiger partial charge in [-0.3, -0.25) is 0 Å². The quantitative estimate of drug-likeness (QED) is 0.842. The van der Waals surface area contributed by atoms with Crippen LogP contribution < -0.4 is 19.5 Å². The van der Waals surface area contributed by atoms with E-state index in [1.54, 1.807) is 21.3 Å². The van der Waals surface area contributed by atoms with Gasteiger partial charge >= 0.3 is 0 Å². The molecule has 0 aromatic heterocycles. The zero-order chi connectivity index (χ0) is 16.8. The minimum Gasteiger partial charge on any atom is -0.497 e. The van der Waals surface area contributed by atoms with E-state index in [1.165, 1.54) is 5.56 Å². The first-order valence-electron chi connectivity index (χ1n) is 7.67. The maximum Gasteiger partial charge on any atom is 0.123 e. The summed E-state index contributed by atoms with van der Waals surface area (Å²) in [5, 5.41) is 3.53. The predicted octanol–water partition coefficient (Wildman–Crippen LogP) is 3.87. The third kappa shape index (κ3) is 4.17. The highest BCUT2D eigenvalue weighted by molar-refractivity contribution is 5.41. The van der Waals surface area contributed by atoms with Crippen molar-refractivity contribution in [1.29, 1.82) is 0 Å². The molecule has 4 heteroatoms. The molecule has 0 radical (unpaired) electrons. The van der Waals surface area contributed by atoms with Crippen molar-refractivity contribution in [1.82, 2.24) is 5.32 Å². The van der Waals surface area contributed by atoms with Crippen molar-refractivity contribution in [2.45, 2.75) is 26.4 Å². The van der Waals surface area contributed by atoms with E-state index in [-0.39, 0.29) is 6.04 Å². The van der Waals surface area contributed by atoms with Gasteiger partial charge < -0.3 is 19.5 Å². The fourth-order valence-corrected chi connectivity index (χ4v) is 2.59. The van der Waals surface area contributed by atoms with E-state index < -0.39 is 0 Å². The lowest BCUT2D eigenvalue weighted by Gasteiger charge is -2.19. The summed E-state index contributed by atoms with van der Waals surface area (Å²) in [7, 11) is 5.05. The first kappa shape index (κ1) is 17.2. The summed E-state index contributed by atoms with van der Waals surface area (Å²) in [5.74, 6) is 2.57. The Bertz CT molecular complexity index is 655. The lowest BCUT2D eigenvalue weighted by Crippen LogP contribution is -2.19. The molecule has 0 aliphatic heterocycles. The highest BCUT2D eigenvalue weighted by Gasteiger charge is 2.13. The second-order valence-corrected chi connectivity index (χ2v) is 5.53. The fourth-order valence-electron chi connectivity index (χ4n) is 2.59. The Morgan fingerprint density at radius 1 is 0.913 bits per heavy atom. The number of hydrogen-bond acceptors (Lipinski definition) is 4. The molecule has 23 heavy (non-hydrogen) atoms. The minimum atomic E-state index is 0.153. The Labute approximate surface area is 138 Å². The summed E-state index contributed by atoms with van der Waals surface area (Å²) in [4.78, 5) is 0. The van der Waals surface area contributed by atoms with Crippen LogP contribution in [0.5, 0.6) is 17.2 Å². The molecule has 0 aliphatic carbocycles. The van der Waals surface area contributed by atoms with Crippen molar-refractivity contribution in [2.75, 3.05) is 21.3 Å². The van der Waals surface area contributed by atoms with Crippen LogP contribution in [0.4, 0.5) is 0 Å². The molecule has 0 fully saturated rings. The van der Waals surface area contributed by atoms with E-state index in [4.69, 9.17) is 14.2 Å². The molecule has 0 amide bonds. The summed E-state index contributed by atoms with van der Waals surface area (Å²) in [5.41, 5.74) is 3.42. The molecule has 0 bridgehead atoms. The molecule has 0 saturated carbocycles. The van der Waals surface area contributed by atoms with E-state index in [2.05, 4.69) is 31.3 Å². The van der Waals surface area contributed by atoms with Crippen molar-refractivity contribution < 1.29 is 14.2 Å². The molecule has 4 nitrogen and oxygen atoms in total. The molecule has 0 spiro atoms. The average Bonchev–Trinajstić information content (AvgIpc) is 2.59. The second kappa shape index (κ2) is 7.88. The van der Waals surface area contributed by atoms with Gasteiger partial charge in [-0.25, -0.2) is 0 Å². The highest BCUT2D eigenvalue weighted by Crippen LogP contribution is 2.28. The predicted molar refractivity (Wildman–Crippen MR) is 92.5 cm³/mol. The molecule has 0 heterocycles.